The normalized spacial score (nSPS) is 15.0. The molecule has 3 aromatic rings. The van der Waals surface area contributed by atoms with Crippen molar-refractivity contribution < 1.29 is 13.2 Å². The van der Waals surface area contributed by atoms with Gasteiger partial charge in [-0.25, -0.2) is 14.0 Å². The van der Waals surface area contributed by atoms with Crippen LogP contribution >= 0.6 is 11.6 Å². The Balaban J connectivity index is 1.89. The third-order valence-electron chi connectivity index (χ3n) is 4.69. The molecule has 1 aromatic carbocycles. The van der Waals surface area contributed by atoms with Crippen molar-refractivity contribution in [2.75, 3.05) is 0 Å². The number of nitrogens with zero attached hydrogens (tertiary/aromatic N) is 4. The number of pyridine rings is 1. The Kier molecular flexibility index (Phi) is 4.30. The van der Waals surface area contributed by atoms with E-state index < -0.39 is 17.4 Å². The second-order valence-electron chi connectivity index (χ2n) is 6.37. The summed E-state index contributed by atoms with van der Waals surface area (Å²) in [5.41, 5.74) is -0.403. The number of benzene rings is 1. The lowest BCUT2D eigenvalue weighted by atomic mass is 9.93. The van der Waals surface area contributed by atoms with Gasteiger partial charge in [-0.3, -0.25) is 4.98 Å². The van der Waals surface area contributed by atoms with Crippen molar-refractivity contribution in [2.24, 2.45) is 0 Å². The Morgan fingerprint density at radius 2 is 1.81 bits per heavy atom. The van der Waals surface area contributed by atoms with Gasteiger partial charge in [-0.15, -0.1) is 5.10 Å². The second-order valence-corrected chi connectivity index (χ2v) is 6.78. The highest BCUT2D eigenvalue weighted by Crippen LogP contribution is 2.33. The molecule has 0 unspecified atom stereocenters. The summed E-state index contributed by atoms with van der Waals surface area (Å²) in [6.45, 7) is 0. The maximum absolute atomic E-state index is 13.0. The molecule has 0 atom stereocenters. The van der Waals surface area contributed by atoms with Gasteiger partial charge in [0.05, 0.1) is 22.3 Å². The lowest BCUT2D eigenvalue weighted by Gasteiger charge is -2.24. The van der Waals surface area contributed by atoms with Crippen LogP contribution in [0, 0.1) is 0 Å². The summed E-state index contributed by atoms with van der Waals surface area (Å²) in [5, 5.41) is 4.75. The zero-order chi connectivity index (χ0) is 19.2. The van der Waals surface area contributed by atoms with Crippen molar-refractivity contribution in [3.63, 3.8) is 0 Å². The van der Waals surface area contributed by atoms with Crippen molar-refractivity contribution in [1.29, 1.82) is 0 Å². The van der Waals surface area contributed by atoms with Gasteiger partial charge in [-0.05, 0) is 49.6 Å². The molecule has 0 radical (unpaired) electrons. The first kappa shape index (κ1) is 17.8. The average Bonchev–Trinajstić information content (AvgIpc) is 2.90. The largest absolute Gasteiger partial charge is 0.416 e. The van der Waals surface area contributed by atoms with Crippen LogP contribution in [-0.2, 0) is 6.18 Å². The van der Waals surface area contributed by atoms with Crippen LogP contribution in [0.25, 0.3) is 17.1 Å². The first-order valence-corrected chi connectivity index (χ1v) is 8.73. The molecule has 0 spiro atoms. The van der Waals surface area contributed by atoms with Gasteiger partial charge in [0, 0.05) is 18.0 Å². The van der Waals surface area contributed by atoms with Crippen molar-refractivity contribution >= 4 is 11.6 Å². The third kappa shape index (κ3) is 3.14. The van der Waals surface area contributed by atoms with E-state index in [0.29, 0.717) is 16.3 Å². The lowest BCUT2D eigenvalue weighted by molar-refractivity contribution is -0.137. The van der Waals surface area contributed by atoms with Crippen LogP contribution < -0.4 is 5.69 Å². The fourth-order valence-corrected chi connectivity index (χ4v) is 3.22. The molecule has 0 bridgehead atoms. The molecule has 1 saturated carbocycles. The van der Waals surface area contributed by atoms with E-state index in [2.05, 4.69) is 10.1 Å². The zero-order valence-electron chi connectivity index (χ0n) is 13.9. The van der Waals surface area contributed by atoms with Gasteiger partial charge in [-0.2, -0.15) is 13.2 Å². The summed E-state index contributed by atoms with van der Waals surface area (Å²) in [7, 11) is 0. The fourth-order valence-electron chi connectivity index (χ4n) is 3.01. The Morgan fingerprint density at radius 3 is 2.37 bits per heavy atom. The van der Waals surface area contributed by atoms with Crippen LogP contribution in [0.2, 0.25) is 5.02 Å². The Bertz CT molecular complexity index is 1040. The highest BCUT2D eigenvalue weighted by molar-refractivity contribution is 6.33. The van der Waals surface area contributed by atoms with Crippen LogP contribution in [-0.4, -0.2) is 19.3 Å². The summed E-state index contributed by atoms with van der Waals surface area (Å²) in [5.74, 6) is 0.277. The lowest BCUT2D eigenvalue weighted by Crippen LogP contribution is -2.31. The quantitative estimate of drug-likeness (QED) is 0.657. The maximum Gasteiger partial charge on any atom is 0.416 e. The molecule has 0 amide bonds. The van der Waals surface area contributed by atoms with Crippen molar-refractivity contribution in [3.05, 3.63) is 63.8 Å². The minimum atomic E-state index is -4.45. The van der Waals surface area contributed by atoms with Gasteiger partial charge in [0.25, 0.3) is 0 Å². The molecule has 1 fully saturated rings. The van der Waals surface area contributed by atoms with Gasteiger partial charge in [0.15, 0.2) is 5.82 Å². The van der Waals surface area contributed by atoms with Gasteiger partial charge in [0.2, 0.25) is 0 Å². The molecule has 140 valence electrons. The van der Waals surface area contributed by atoms with Crippen LogP contribution in [0.4, 0.5) is 13.2 Å². The smallest absolute Gasteiger partial charge is 0.263 e. The fraction of sp³-hybridized carbons (Fsp3) is 0.278. The molecule has 0 saturated heterocycles. The molecule has 2 aromatic heterocycles. The van der Waals surface area contributed by atoms with Crippen molar-refractivity contribution in [2.45, 2.75) is 31.5 Å². The number of hydrogen-bond donors (Lipinski definition) is 0. The van der Waals surface area contributed by atoms with E-state index in [-0.39, 0.29) is 11.9 Å². The first-order chi connectivity index (χ1) is 12.9. The predicted octanol–water partition coefficient (Wildman–Crippen LogP) is 4.49. The van der Waals surface area contributed by atoms with E-state index in [9.17, 15) is 18.0 Å². The zero-order valence-corrected chi connectivity index (χ0v) is 14.7. The van der Waals surface area contributed by atoms with E-state index in [0.717, 1.165) is 31.4 Å². The Labute approximate surface area is 157 Å². The molecule has 0 aliphatic heterocycles. The number of halogens is 4. The molecule has 9 heteroatoms. The minimum Gasteiger partial charge on any atom is -0.263 e. The van der Waals surface area contributed by atoms with E-state index in [1.165, 1.54) is 33.8 Å². The highest BCUT2D eigenvalue weighted by Gasteiger charge is 2.31. The molecule has 1 aliphatic carbocycles. The molecular weight excluding hydrogens is 381 g/mol. The van der Waals surface area contributed by atoms with E-state index in [1.807, 2.05) is 0 Å². The van der Waals surface area contributed by atoms with Crippen molar-refractivity contribution in [3.8, 4) is 17.1 Å². The summed E-state index contributed by atoms with van der Waals surface area (Å²) < 4.78 is 41.2. The predicted molar refractivity (Wildman–Crippen MR) is 94.0 cm³/mol. The van der Waals surface area contributed by atoms with Gasteiger partial charge < -0.3 is 0 Å². The van der Waals surface area contributed by atoms with Gasteiger partial charge in [0.1, 0.15) is 0 Å². The SMILES string of the molecule is O=c1n(C2CCC2)nc(-c2ccncc2Cl)n1-c1ccc(C(F)(F)F)cc1. The Hall–Kier alpha value is -2.61. The molecule has 4 rings (SSSR count). The molecule has 1 aliphatic rings. The monoisotopic (exact) mass is 394 g/mol. The topological polar surface area (TPSA) is 52.7 Å². The van der Waals surface area contributed by atoms with Crippen LogP contribution in [0.3, 0.4) is 0 Å². The number of rotatable bonds is 3. The van der Waals surface area contributed by atoms with Crippen LogP contribution in [0.1, 0.15) is 30.9 Å². The summed E-state index contributed by atoms with van der Waals surface area (Å²) >= 11 is 6.22. The number of aromatic nitrogens is 4. The average molecular weight is 395 g/mol. The summed E-state index contributed by atoms with van der Waals surface area (Å²) in [4.78, 5) is 16.9. The van der Waals surface area contributed by atoms with Crippen LogP contribution in [0.5, 0.6) is 0 Å². The van der Waals surface area contributed by atoms with Gasteiger partial charge >= 0.3 is 11.9 Å². The van der Waals surface area contributed by atoms with Crippen LogP contribution in [0.15, 0.2) is 47.5 Å². The number of alkyl halides is 3. The molecule has 2 heterocycles. The minimum absolute atomic E-state index is 0.00689. The standard InChI is InChI=1S/C18H14ClF3N4O/c19-15-10-23-9-8-14(15)16-24-26(13-2-1-3-13)17(27)25(16)12-6-4-11(5-7-12)18(20,21)22/h4-10,13H,1-3H2. The molecular formula is C18H14ClF3N4O. The molecule has 27 heavy (non-hydrogen) atoms. The van der Waals surface area contributed by atoms with Gasteiger partial charge in [-0.1, -0.05) is 11.6 Å². The van der Waals surface area contributed by atoms with E-state index in [1.54, 1.807) is 6.07 Å². The first-order valence-electron chi connectivity index (χ1n) is 8.35. The van der Waals surface area contributed by atoms with E-state index >= 15 is 0 Å². The maximum atomic E-state index is 13.0. The number of hydrogen-bond acceptors (Lipinski definition) is 3. The van der Waals surface area contributed by atoms with Crippen molar-refractivity contribution in [1.82, 2.24) is 19.3 Å². The summed E-state index contributed by atoms with van der Waals surface area (Å²) in [6.07, 6.45) is 1.19. The second kappa shape index (κ2) is 6.53. The highest BCUT2D eigenvalue weighted by atomic mass is 35.5. The molecule has 5 nitrogen and oxygen atoms in total. The third-order valence-corrected chi connectivity index (χ3v) is 4.99. The van der Waals surface area contributed by atoms with E-state index in [4.69, 9.17) is 11.6 Å². The Morgan fingerprint density at radius 1 is 1.11 bits per heavy atom. The summed E-state index contributed by atoms with van der Waals surface area (Å²) in [6, 6.07) is 6.02. The molecule has 0 N–H and O–H groups in total.